The maximum atomic E-state index is 12.1. The normalized spacial score (nSPS) is 10.6. The highest BCUT2D eigenvalue weighted by Crippen LogP contribution is 2.32. The number of ether oxygens (including phenoxy) is 1. The molecule has 0 aliphatic carbocycles. The molecular weight excluding hydrogens is 335 g/mol. The average Bonchev–Trinajstić information content (AvgIpc) is 2.99. The molecule has 0 N–H and O–H groups in total. The smallest absolute Gasteiger partial charge is 0.340 e. The lowest BCUT2D eigenvalue weighted by Crippen LogP contribution is -2.01. The van der Waals surface area contributed by atoms with Gasteiger partial charge in [-0.25, -0.2) is 9.78 Å². The number of hydrogen-bond acceptors (Lipinski definition) is 3. The summed E-state index contributed by atoms with van der Waals surface area (Å²) in [5.41, 5.74) is 2.66. The molecule has 23 heavy (non-hydrogen) atoms. The van der Waals surface area contributed by atoms with Crippen LogP contribution in [-0.4, -0.2) is 22.6 Å². The summed E-state index contributed by atoms with van der Waals surface area (Å²) in [4.78, 5) is 16.1. The highest BCUT2D eigenvalue weighted by Gasteiger charge is 2.18. The summed E-state index contributed by atoms with van der Waals surface area (Å²) < 4.78 is 6.67. The quantitative estimate of drug-likeness (QED) is 0.512. The van der Waals surface area contributed by atoms with Crippen LogP contribution >= 0.6 is 23.2 Å². The maximum absolute atomic E-state index is 12.1. The Kier molecular flexibility index (Phi) is 4.37. The summed E-state index contributed by atoms with van der Waals surface area (Å²) >= 11 is 12.2. The molecule has 0 atom stereocenters. The molecule has 0 unspecified atom stereocenters. The van der Waals surface area contributed by atoms with E-state index in [0.29, 0.717) is 21.3 Å². The summed E-state index contributed by atoms with van der Waals surface area (Å²) in [6.45, 7) is 0. The van der Waals surface area contributed by atoms with Crippen molar-refractivity contribution in [1.29, 1.82) is 0 Å². The van der Waals surface area contributed by atoms with Crippen LogP contribution < -0.4 is 0 Å². The minimum atomic E-state index is -0.432. The number of methoxy groups -OCH3 is 1. The minimum absolute atomic E-state index is 0.370. The third kappa shape index (κ3) is 3.09. The number of esters is 1. The van der Waals surface area contributed by atoms with E-state index in [0.717, 1.165) is 11.3 Å². The largest absolute Gasteiger partial charge is 0.465 e. The van der Waals surface area contributed by atoms with Gasteiger partial charge < -0.3 is 9.30 Å². The number of aromatic nitrogens is 2. The zero-order chi connectivity index (χ0) is 16.4. The summed E-state index contributed by atoms with van der Waals surface area (Å²) in [6.07, 6.45) is 5.11. The minimum Gasteiger partial charge on any atom is -0.465 e. The second-order valence-corrected chi connectivity index (χ2v) is 5.60. The Balaban J connectivity index is 2.19. The number of hydrogen-bond donors (Lipinski definition) is 0. The fourth-order valence-electron chi connectivity index (χ4n) is 2.32. The number of carbonyl (C=O) groups is 1. The van der Waals surface area contributed by atoms with Gasteiger partial charge in [-0.15, -0.1) is 0 Å². The molecule has 4 nitrogen and oxygen atoms in total. The van der Waals surface area contributed by atoms with Gasteiger partial charge in [-0.1, -0.05) is 41.4 Å². The Morgan fingerprint density at radius 2 is 1.91 bits per heavy atom. The van der Waals surface area contributed by atoms with Crippen LogP contribution in [0.15, 0.2) is 55.0 Å². The van der Waals surface area contributed by atoms with Crippen LogP contribution in [0.2, 0.25) is 10.2 Å². The molecule has 0 saturated carbocycles. The molecule has 0 aliphatic rings. The summed E-state index contributed by atoms with van der Waals surface area (Å²) in [5, 5.41) is 0.929. The van der Waals surface area contributed by atoms with Crippen LogP contribution in [0.3, 0.4) is 0 Å². The van der Waals surface area contributed by atoms with Crippen molar-refractivity contribution in [2.75, 3.05) is 7.11 Å². The molecule has 0 saturated heterocycles. The lowest BCUT2D eigenvalue weighted by molar-refractivity contribution is 0.0601. The van der Waals surface area contributed by atoms with E-state index >= 15 is 0 Å². The van der Waals surface area contributed by atoms with Gasteiger partial charge in [0.2, 0.25) is 0 Å². The first-order valence-corrected chi connectivity index (χ1v) is 7.53. The van der Waals surface area contributed by atoms with E-state index < -0.39 is 5.97 Å². The SMILES string of the molecule is COC(=O)c1cn(-c2ccnc(Cl)c2)cc1-c1ccccc1Cl. The van der Waals surface area contributed by atoms with Crippen molar-refractivity contribution in [1.82, 2.24) is 9.55 Å². The molecule has 3 aromatic rings. The fraction of sp³-hybridized carbons (Fsp3) is 0.0588. The first kappa shape index (κ1) is 15.6. The second kappa shape index (κ2) is 6.44. The standard InChI is InChI=1S/C17H12Cl2N2O2/c1-23-17(22)14-10-21(11-6-7-20-16(19)8-11)9-13(14)12-4-2-3-5-15(12)18/h2-10H,1H3. The van der Waals surface area contributed by atoms with Crippen LogP contribution in [0.5, 0.6) is 0 Å². The molecular formula is C17H12Cl2N2O2. The van der Waals surface area contributed by atoms with Crippen molar-refractivity contribution in [2.24, 2.45) is 0 Å². The van der Waals surface area contributed by atoms with Crippen LogP contribution in [-0.2, 0) is 4.74 Å². The average molecular weight is 347 g/mol. The van der Waals surface area contributed by atoms with Crippen LogP contribution in [0.4, 0.5) is 0 Å². The van der Waals surface area contributed by atoms with Crippen LogP contribution in [0.25, 0.3) is 16.8 Å². The topological polar surface area (TPSA) is 44.1 Å². The van der Waals surface area contributed by atoms with E-state index in [4.69, 9.17) is 27.9 Å². The first-order valence-electron chi connectivity index (χ1n) is 6.77. The molecule has 0 radical (unpaired) electrons. The van der Waals surface area contributed by atoms with Gasteiger partial charge in [0.15, 0.2) is 0 Å². The summed E-state index contributed by atoms with van der Waals surface area (Å²) in [7, 11) is 1.35. The van der Waals surface area contributed by atoms with Gasteiger partial charge in [0, 0.05) is 40.4 Å². The number of rotatable bonds is 3. The van der Waals surface area contributed by atoms with Gasteiger partial charge in [0.05, 0.1) is 12.7 Å². The third-order valence-corrected chi connectivity index (χ3v) is 3.94. The van der Waals surface area contributed by atoms with E-state index in [1.54, 1.807) is 35.2 Å². The van der Waals surface area contributed by atoms with E-state index in [2.05, 4.69) is 4.98 Å². The molecule has 0 spiro atoms. The fourth-order valence-corrected chi connectivity index (χ4v) is 2.73. The predicted octanol–water partition coefficient (Wildman–Crippen LogP) is 4.63. The molecule has 0 aliphatic heterocycles. The van der Waals surface area contributed by atoms with E-state index in [9.17, 15) is 4.79 Å². The van der Waals surface area contributed by atoms with Crippen molar-refractivity contribution in [3.8, 4) is 16.8 Å². The molecule has 0 fully saturated rings. The first-order chi connectivity index (χ1) is 11.1. The van der Waals surface area contributed by atoms with Crippen molar-refractivity contribution in [2.45, 2.75) is 0 Å². The van der Waals surface area contributed by atoms with Crippen molar-refractivity contribution in [3.05, 3.63) is 70.7 Å². The third-order valence-electron chi connectivity index (χ3n) is 3.40. The number of halogens is 2. The van der Waals surface area contributed by atoms with Crippen LogP contribution in [0.1, 0.15) is 10.4 Å². The van der Waals surface area contributed by atoms with Crippen molar-refractivity contribution in [3.63, 3.8) is 0 Å². The Morgan fingerprint density at radius 1 is 1.13 bits per heavy atom. The zero-order valence-electron chi connectivity index (χ0n) is 12.2. The molecule has 2 heterocycles. The lowest BCUT2D eigenvalue weighted by atomic mass is 10.0. The molecule has 116 valence electrons. The number of nitrogens with zero attached hydrogens (tertiary/aromatic N) is 2. The molecule has 1 aromatic carbocycles. The van der Waals surface area contributed by atoms with E-state index in [1.807, 2.05) is 24.4 Å². The Morgan fingerprint density at radius 3 is 2.61 bits per heavy atom. The lowest BCUT2D eigenvalue weighted by Gasteiger charge is -2.04. The molecule has 2 aromatic heterocycles. The number of benzene rings is 1. The van der Waals surface area contributed by atoms with Crippen molar-refractivity contribution >= 4 is 29.2 Å². The van der Waals surface area contributed by atoms with E-state index in [-0.39, 0.29) is 0 Å². The van der Waals surface area contributed by atoms with E-state index in [1.165, 1.54) is 7.11 Å². The second-order valence-electron chi connectivity index (χ2n) is 4.80. The van der Waals surface area contributed by atoms with Gasteiger partial charge in [-0.3, -0.25) is 0 Å². The Labute approximate surface area is 143 Å². The van der Waals surface area contributed by atoms with Gasteiger partial charge >= 0.3 is 5.97 Å². The Hall–Kier alpha value is -2.30. The van der Waals surface area contributed by atoms with Gasteiger partial charge in [0.1, 0.15) is 5.15 Å². The molecule has 3 rings (SSSR count). The number of pyridine rings is 1. The highest BCUT2D eigenvalue weighted by molar-refractivity contribution is 6.33. The summed E-state index contributed by atoms with van der Waals surface area (Å²) in [5.74, 6) is -0.432. The van der Waals surface area contributed by atoms with Gasteiger partial charge in [0.25, 0.3) is 0 Å². The van der Waals surface area contributed by atoms with Gasteiger partial charge in [-0.05, 0) is 18.2 Å². The number of carbonyl (C=O) groups excluding carboxylic acids is 1. The molecule has 6 heteroatoms. The van der Waals surface area contributed by atoms with Crippen LogP contribution in [0, 0.1) is 0 Å². The molecule has 0 amide bonds. The Bertz CT molecular complexity index is 875. The monoisotopic (exact) mass is 346 g/mol. The van der Waals surface area contributed by atoms with Gasteiger partial charge in [-0.2, -0.15) is 0 Å². The predicted molar refractivity (Wildman–Crippen MR) is 90.4 cm³/mol. The highest BCUT2D eigenvalue weighted by atomic mass is 35.5. The zero-order valence-corrected chi connectivity index (χ0v) is 13.7. The maximum Gasteiger partial charge on any atom is 0.340 e. The summed E-state index contributed by atoms with van der Waals surface area (Å²) in [6, 6.07) is 10.8. The van der Waals surface area contributed by atoms with Crippen molar-refractivity contribution < 1.29 is 9.53 Å². The molecule has 0 bridgehead atoms.